The number of hydrogen-bond acceptors (Lipinski definition) is 2. The summed E-state index contributed by atoms with van der Waals surface area (Å²) in [6.07, 6.45) is 1.58. The highest BCUT2D eigenvalue weighted by Crippen LogP contribution is 2.18. The predicted octanol–water partition coefficient (Wildman–Crippen LogP) is 2.49. The van der Waals surface area contributed by atoms with Crippen LogP contribution >= 0.6 is 28.6 Å². The van der Waals surface area contributed by atoms with E-state index < -0.39 is 11.7 Å². The molecule has 0 aliphatic heterocycles. The second-order valence-corrected chi connectivity index (χ2v) is 4.38. The minimum Gasteiger partial charge on any atom is -0.365 e. The van der Waals surface area contributed by atoms with E-state index in [2.05, 4.69) is 0 Å². The lowest BCUT2D eigenvalue weighted by molar-refractivity contribution is 0.0998. The maximum atomic E-state index is 13.8. The molecule has 0 saturated carbocycles. The topological polar surface area (TPSA) is 71.9 Å². The monoisotopic (exact) mass is 359 g/mol. The largest absolute Gasteiger partial charge is 0.365 e. The highest BCUT2D eigenvalue weighted by molar-refractivity contribution is 8.93. The number of carbonyl (C=O) groups is 1. The fraction of sp³-hybridized carbons (Fsp3) is 0.0769. The Bertz CT molecular complexity index is 702. The SMILES string of the molecule is Br.N=c1c(C(N)=O)cccn1Cc1cccc(Cl)c1F. The molecule has 1 aromatic heterocycles. The van der Waals surface area contributed by atoms with Crippen molar-refractivity contribution in [3.8, 4) is 0 Å². The normalized spacial score (nSPS) is 9.90. The molecule has 3 N–H and O–H groups in total. The van der Waals surface area contributed by atoms with Gasteiger partial charge in [0.2, 0.25) is 0 Å². The van der Waals surface area contributed by atoms with Crippen LogP contribution in [0.2, 0.25) is 5.02 Å². The van der Waals surface area contributed by atoms with Crippen molar-refractivity contribution in [1.29, 1.82) is 5.41 Å². The first kappa shape index (κ1) is 16.4. The molecule has 0 unspecified atom stereocenters. The van der Waals surface area contributed by atoms with Crippen LogP contribution in [0.15, 0.2) is 36.5 Å². The van der Waals surface area contributed by atoms with Crippen LogP contribution in [-0.2, 0) is 6.54 Å². The molecule has 0 spiro atoms. The first-order valence-corrected chi connectivity index (χ1v) is 5.85. The lowest BCUT2D eigenvalue weighted by Crippen LogP contribution is -2.29. The molecule has 20 heavy (non-hydrogen) atoms. The van der Waals surface area contributed by atoms with Crippen LogP contribution in [0.3, 0.4) is 0 Å². The molecule has 0 atom stereocenters. The van der Waals surface area contributed by atoms with E-state index >= 15 is 0 Å². The Morgan fingerprint density at radius 2 is 2.05 bits per heavy atom. The van der Waals surface area contributed by atoms with Gasteiger partial charge in [-0.2, -0.15) is 0 Å². The van der Waals surface area contributed by atoms with Crippen molar-refractivity contribution in [3.05, 3.63) is 64.0 Å². The Kier molecular flexibility index (Phi) is 5.47. The van der Waals surface area contributed by atoms with Gasteiger partial charge in [-0.25, -0.2) is 4.39 Å². The fourth-order valence-electron chi connectivity index (χ4n) is 1.74. The molecule has 0 fully saturated rings. The van der Waals surface area contributed by atoms with E-state index in [1.54, 1.807) is 24.4 Å². The third-order valence-electron chi connectivity index (χ3n) is 2.71. The van der Waals surface area contributed by atoms with Crippen molar-refractivity contribution < 1.29 is 9.18 Å². The Balaban J connectivity index is 0.00000200. The Morgan fingerprint density at radius 3 is 2.70 bits per heavy atom. The maximum Gasteiger partial charge on any atom is 0.252 e. The summed E-state index contributed by atoms with van der Waals surface area (Å²) >= 11 is 5.70. The molecule has 7 heteroatoms. The van der Waals surface area contributed by atoms with Crippen LogP contribution in [0.25, 0.3) is 0 Å². The fourth-order valence-corrected chi connectivity index (χ4v) is 1.93. The number of primary amides is 1. The summed E-state index contributed by atoms with van der Waals surface area (Å²) < 4.78 is 15.2. The zero-order valence-electron chi connectivity index (χ0n) is 10.3. The number of benzene rings is 1. The van der Waals surface area contributed by atoms with Crippen molar-refractivity contribution in [2.24, 2.45) is 5.73 Å². The second-order valence-electron chi connectivity index (χ2n) is 3.98. The summed E-state index contributed by atoms with van der Waals surface area (Å²) in [6, 6.07) is 7.69. The number of nitrogens with two attached hydrogens (primary N) is 1. The molecular formula is C13H12BrClFN3O. The molecule has 106 valence electrons. The second kappa shape index (κ2) is 6.67. The van der Waals surface area contributed by atoms with Crippen molar-refractivity contribution in [1.82, 2.24) is 4.57 Å². The van der Waals surface area contributed by atoms with Gasteiger partial charge in [0, 0.05) is 11.8 Å². The average molecular weight is 361 g/mol. The van der Waals surface area contributed by atoms with Gasteiger partial charge < -0.3 is 10.3 Å². The van der Waals surface area contributed by atoms with E-state index in [4.69, 9.17) is 22.7 Å². The maximum absolute atomic E-state index is 13.8. The van der Waals surface area contributed by atoms with E-state index in [1.165, 1.54) is 16.7 Å². The van der Waals surface area contributed by atoms with Gasteiger partial charge in [0.1, 0.15) is 11.3 Å². The molecule has 0 bridgehead atoms. The lowest BCUT2D eigenvalue weighted by atomic mass is 10.2. The summed E-state index contributed by atoms with van der Waals surface area (Å²) in [4.78, 5) is 11.1. The summed E-state index contributed by atoms with van der Waals surface area (Å²) in [7, 11) is 0. The number of pyridine rings is 1. The number of amides is 1. The third-order valence-corrected chi connectivity index (χ3v) is 3.00. The molecule has 0 saturated heterocycles. The summed E-state index contributed by atoms with van der Waals surface area (Å²) in [5.74, 6) is -1.22. The van der Waals surface area contributed by atoms with E-state index in [1.807, 2.05) is 0 Å². The van der Waals surface area contributed by atoms with Crippen LogP contribution in [0.1, 0.15) is 15.9 Å². The van der Waals surface area contributed by atoms with Crippen LogP contribution in [0, 0.1) is 11.2 Å². The van der Waals surface area contributed by atoms with E-state index in [0.717, 1.165) is 0 Å². The lowest BCUT2D eigenvalue weighted by Gasteiger charge is -2.10. The average Bonchev–Trinajstić information content (AvgIpc) is 2.37. The van der Waals surface area contributed by atoms with Crippen molar-refractivity contribution >= 4 is 34.5 Å². The minimum absolute atomic E-state index is 0. The van der Waals surface area contributed by atoms with Crippen LogP contribution in [0.5, 0.6) is 0 Å². The quantitative estimate of drug-likeness (QED) is 0.867. The molecule has 1 amide bonds. The summed E-state index contributed by atoms with van der Waals surface area (Å²) in [5.41, 5.74) is 5.53. The van der Waals surface area contributed by atoms with E-state index in [-0.39, 0.29) is 39.6 Å². The number of nitrogens with one attached hydrogen (secondary N) is 1. The first-order valence-electron chi connectivity index (χ1n) is 5.47. The zero-order chi connectivity index (χ0) is 14.0. The zero-order valence-corrected chi connectivity index (χ0v) is 12.7. The van der Waals surface area contributed by atoms with Gasteiger partial charge in [0.05, 0.1) is 17.1 Å². The highest BCUT2D eigenvalue weighted by Gasteiger charge is 2.09. The van der Waals surface area contributed by atoms with E-state index in [0.29, 0.717) is 5.56 Å². The number of nitrogens with zero attached hydrogens (tertiary/aromatic N) is 1. The van der Waals surface area contributed by atoms with Gasteiger partial charge in [-0.05, 0) is 18.2 Å². The van der Waals surface area contributed by atoms with Gasteiger partial charge in [0.25, 0.3) is 5.91 Å². The minimum atomic E-state index is -0.689. The number of carbonyl (C=O) groups excluding carboxylic acids is 1. The Hall–Kier alpha value is -1.66. The first-order chi connectivity index (χ1) is 9.00. The van der Waals surface area contributed by atoms with Gasteiger partial charge in [-0.1, -0.05) is 23.7 Å². The van der Waals surface area contributed by atoms with Crippen molar-refractivity contribution in [3.63, 3.8) is 0 Å². The number of hydrogen-bond donors (Lipinski definition) is 2. The van der Waals surface area contributed by atoms with Crippen LogP contribution < -0.4 is 11.2 Å². The summed E-state index contributed by atoms with van der Waals surface area (Å²) in [6.45, 7) is 0.104. The van der Waals surface area contributed by atoms with Crippen LogP contribution in [0.4, 0.5) is 4.39 Å². The van der Waals surface area contributed by atoms with Crippen molar-refractivity contribution in [2.75, 3.05) is 0 Å². The third kappa shape index (κ3) is 3.26. The standard InChI is InChI=1S/C13H11ClFN3O.BrH/c14-10-5-1-3-8(11(10)15)7-18-6-2-4-9(12(18)16)13(17)19;/h1-6,16H,7H2,(H2,17,19);1H. The molecule has 0 radical (unpaired) electrons. The molecule has 0 aliphatic rings. The van der Waals surface area contributed by atoms with Gasteiger partial charge >= 0.3 is 0 Å². The van der Waals surface area contributed by atoms with Crippen LogP contribution in [-0.4, -0.2) is 10.5 Å². The van der Waals surface area contributed by atoms with Crippen molar-refractivity contribution in [2.45, 2.75) is 6.54 Å². The molecule has 1 aromatic carbocycles. The molecular weight excluding hydrogens is 349 g/mol. The van der Waals surface area contributed by atoms with E-state index in [9.17, 15) is 9.18 Å². The van der Waals surface area contributed by atoms with Gasteiger partial charge in [0.15, 0.2) is 0 Å². The Labute approximate surface area is 130 Å². The molecule has 2 rings (SSSR count). The Morgan fingerprint density at radius 1 is 1.35 bits per heavy atom. The molecule has 0 aliphatic carbocycles. The molecule has 4 nitrogen and oxygen atoms in total. The molecule has 1 heterocycles. The number of rotatable bonds is 3. The smallest absolute Gasteiger partial charge is 0.252 e. The van der Waals surface area contributed by atoms with Gasteiger partial charge in [-0.15, -0.1) is 17.0 Å². The van der Waals surface area contributed by atoms with Gasteiger partial charge in [-0.3, -0.25) is 10.2 Å². The predicted molar refractivity (Wildman–Crippen MR) is 79.6 cm³/mol. The number of halogens is 3. The molecule has 2 aromatic rings. The summed E-state index contributed by atoms with van der Waals surface area (Å²) in [5, 5.41) is 7.88. The highest BCUT2D eigenvalue weighted by atomic mass is 79.9. The number of aromatic nitrogens is 1.